The van der Waals surface area contributed by atoms with E-state index in [1.54, 1.807) is 6.92 Å². The highest BCUT2D eigenvalue weighted by atomic mass is 16.5. The van der Waals surface area contributed by atoms with Gasteiger partial charge in [-0.2, -0.15) is 0 Å². The Bertz CT molecular complexity index is 749. The summed E-state index contributed by atoms with van der Waals surface area (Å²) >= 11 is 0. The summed E-state index contributed by atoms with van der Waals surface area (Å²) < 4.78 is 6.90. The van der Waals surface area contributed by atoms with Crippen molar-refractivity contribution in [3.63, 3.8) is 0 Å². The number of carbonyl (C=O) groups is 1. The molecule has 25 heavy (non-hydrogen) atoms. The number of aliphatic hydroxyl groups is 1. The van der Waals surface area contributed by atoms with E-state index in [2.05, 4.69) is 24.1 Å². The molecule has 1 aromatic rings. The molecule has 1 aliphatic heterocycles. The fraction of sp³-hybridized carbons (Fsp3) is 0.588. The maximum absolute atomic E-state index is 11.9. The van der Waals surface area contributed by atoms with Crippen molar-refractivity contribution in [1.82, 2.24) is 14.9 Å². The summed E-state index contributed by atoms with van der Waals surface area (Å²) in [6.07, 6.45) is 3.06. The number of hydrogen-bond donors (Lipinski definition) is 3. The molecule has 0 bridgehead atoms. The number of H-pyrrole nitrogens is 1. The molecule has 0 spiro atoms. The minimum absolute atomic E-state index is 0.190. The van der Waals surface area contributed by atoms with Gasteiger partial charge in [0.2, 0.25) is 5.91 Å². The van der Waals surface area contributed by atoms with Gasteiger partial charge in [-0.1, -0.05) is 13.8 Å². The van der Waals surface area contributed by atoms with Crippen LogP contribution in [0.1, 0.15) is 38.5 Å². The summed E-state index contributed by atoms with van der Waals surface area (Å²) in [5.74, 6) is 0.251. The van der Waals surface area contributed by atoms with Crippen molar-refractivity contribution in [3.05, 3.63) is 44.8 Å². The van der Waals surface area contributed by atoms with Crippen LogP contribution >= 0.6 is 0 Å². The van der Waals surface area contributed by atoms with Gasteiger partial charge in [0.25, 0.3) is 5.56 Å². The van der Waals surface area contributed by atoms with Gasteiger partial charge in [-0.15, -0.1) is 0 Å². The Kier molecular flexibility index (Phi) is 6.33. The summed E-state index contributed by atoms with van der Waals surface area (Å²) in [6.45, 7) is 6.32. The lowest BCUT2D eigenvalue weighted by molar-refractivity contribution is -0.116. The average Bonchev–Trinajstić information content (AvgIpc) is 2.89. The summed E-state index contributed by atoms with van der Waals surface area (Å²) in [4.78, 5) is 37.3. The number of aliphatic hydroxyl groups excluding tert-OH is 1. The third-order valence-corrected chi connectivity index (χ3v) is 4.05. The number of rotatable bonds is 6. The molecular weight excluding hydrogens is 326 g/mol. The number of nitrogens with zero attached hydrogens (tertiary/aromatic N) is 1. The van der Waals surface area contributed by atoms with Crippen molar-refractivity contribution in [2.75, 3.05) is 6.54 Å². The molecule has 1 amide bonds. The van der Waals surface area contributed by atoms with Crippen LogP contribution in [0.25, 0.3) is 0 Å². The van der Waals surface area contributed by atoms with Gasteiger partial charge in [-0.05, 0) is 25.3 Å². The number of carbonyl (C=O) groups excluding carboxylic acids is 1. The quantitative estimate of drug-likeness (QED) is 0.634. The molecule has 0 unspecified atom stereocenters. The second-order valence-electron chi connectivity index (χ2n) is 6.67. The van der Waals surface area contributed by atoms with E-state index in [-0.39, 0.29) is 12.3 Å². The van der Waals surface area contributed by atoms with Gasteiger partial charge < -0.3 is 15.2 Å². The Balaban J connectivity index is 1.98. The Morgan fingerprint density at radius 2 is 2.24 bits per heavy atom. The molecule has 1 aromatic heterocycles. The first-order valence-corrected chi connectivity index (χ1v) is 8.39. The van der Waals surface area contributed by atoms with Crippen molar-refractivity contribution in [2.24, 2.45) is 5.92 Å². The Morgan fingerprint density at radius 1 is 1.52 bits per heavy atom. The van der Waals surface area contributed by atoms with Crippen LogP contribution in [0.5, 0.6) is 0 Å². The lowest BCUT2D eigenvalue weighted by Crippen LogP contribution is -2.33. The number of ether oxygens (including phenoxy) is 1. The first-order chi connectivity index (χ1) is 11.8. The van der Waals surface area contributed by atoms with Crippen LogP contribution in [-0.2, 0) is 9.53 Å². The second-order valence-corrected chi connectivity index (χ2v) is 6.67. The van der Waals surface area contributed by atoms with Gasteiger partial charge in [-0.25, -0.2) is 4.79 Å². The minimum atomic E-state index is -0.844. The number of hydrogen-bond acceptors (Lipinski definition) is 5. The molecule has 8 nitrogen and oxygen atoms in total. The van der Waals surface area contributed by atoms with Gasteiger partial charge in [0, 0.05) is 30.8 Å². The standard InChI is InChI=1S/C17H25N3O5/c1-10(2)6-7-18-14(22)5-4-13-12(21)8-15(25-13)20-9-11(3)16(23)19-17(20)24/h4-5,9-10,12-13,15,21H,6-8H2,1-3H3,(H,18,22)(H,19,23,24)/b5-4+/t12-,13+,15+/m0/s1. The first kappa shape index (κ1) is 19.1. The molecule has 2 heterocycles. The Hall–Kier alpha value is -2.19. The predicted molar refractivity (Wildman–Crippen MR) is 92.2 cm³/mol. The number of aryl methyl sites for hydroxylation is 1. The van der Waals surface area contributed by atoms with E-state index in [4.69, 9.17) is 4.74 Å². The molecule has 1 fully saturated rings. The minimum Gasteiger partial charge on any atom is -0.390 e. The van der Waals surface area contributed by atoms with E-state index in [0.717, 1.165) is 6.42 Å². The smallest absolute Gasteiger partial charge is 0.330 e. The van der Waals surface area contributed by atoms with Crippen LogP contribution in [0.4, 0.5) is 0 Å². The van der Waals surface area contributed by atoms with Gasteiger partial charge in [0.05, 0.1) is 6.10 Å². The van der Waals surface area contributed by atoms with E-state index < -0.39 is 29.7 Å². The highest BCUT2D eigenvalue weighted by molar-refractivity contribution is 5.87. The third kappa shape index (κ3) is 5.14. The summed E-state index contributed by atoms with van der Waals surface area (Å²) in [5, 5.41) is 12.9. The average molecular weight is 351 g/mol. The van der Waals surface area contributed by atoms with Crippen LogP contribution < -0.4 is 16.6 Å². The van der Waals surface area contributed by atoms with Crippen LogP contribution in [0.15, 0.2) is 27.9 Å². The number of aromatic nitrogens is 2. The second kappa shape index (κ2) is 8.26. The largest absolute Gasteiger partial charge is 0.390 e. The van der Waals surface area contributed by atoms with Crippen LogP contribution in [0.2, 0.25) is 0 Å². The van der Waals surface area contributed by atoms with Crippen molar-refractivity contribution < 1.29 is 14.6 Å². The fourth-order valence-corrected chi connectivity index (χ4v) is 2.55. The van der Waals surface area contributed by atoms with E-state index in [1.165, 1.54) is 22.9 Å². The molecule has 2 rings (SSSR count). The molecule has 0 saturated carbocycles. The topological polar surface area (TPSA) is 113 Å². The van der Waals surface area contributed by atoms with Crippen LogP contribution in [0, 0.1) is 12.8 Å². The molecule has 3 atom stereocenters. The zero-order valence-corrected chi connectivity index (χ0v) is 14.7. The summed E-state index contributed by atoms with van der Waals surface area (Å²) in [6, 6.07) is 0. The number of aromatic amines is 1. The molecule has 1 aliphatic rings. The van der Waals surface area contributed by atoms with Crippen molar-refractivity contribution in [1.29, 1.82) is 0 Å². The normalized spacial score (nSPS) is 23.5. The van der Waals surface area contributed by atoms with E-state index in [0.29, 0.717) is 18.0 Å². The van der Waals surface area contributed by atoms with Crippen LogP contribution in [0.3, 0.4) is 0 Å². The van der Waals surface area contributed by atoms with E-state index >= 15 is 0 Å². The maximum atomic E-state index is 11.9. The molecule has 138 valence electrons. The number of amides is 1. The Morgan fingerprint density at radius 3 is 2.92 bits per heavy atom. The fourth-order valence-electron chi connectivity index (χ4n) is 2.55. The van der Waals surface area contributed by atoms with E-state index in [9.17, 15) is 19.5 Å². The highest BCUT2D eigenvalue weighted by Crippen LogP contribution is 2.28. The summed E-state index contributed by atoms with van der Waals surface area (Å²) in [5.41, 5.74) is -0.667. The lowest BCUT2D eigenvalue weighted by Gasteiger charge is -2.14. The van der Waals surface area contributed by atoms with Crippen molar-refractivity contribution in [2.45, 2.75) is 52.0 Å². The third-order valence-electron chi connectivity index (χ3n) is 4.05. The van der Waals surface area contributed by atoms with Crippen molar-refractivity contribution in [3.8, 4) is 0 Å². The molecule has 0 aliphatic carbocycles. The monoisotopic (exact) mass is 351 g/mol. The first-order valence-electron chi connectivity index (χ1n) is 8.39. The van der Waals surface area contributed by atoms with Crippen LogP contribution in [-0.4, -0.2) is 39.3 Å². The highest BCUT2D eigenvalue weighted by Gasteiger charge is 2.34. The zero-order chi connectivity index (χ0) is 18.6. The van der Waals surface area contributed by atoms with Crippen molar-refractivity contribution >= 4 is 5.91 Å². The van der Waals surface area contributed by atoms with Gasteiger partial charge in [0.1, 0.15) is 12.3 Å². The molecule has 1 saturated heterocycles. The lowest BCUT2D eigenvalue weighted by atomic mass is 10.1. The van der Waals surface area contributed by atoms with E-state index in [1.807, 2.05) is 0 Å². The zero-order valence-electron chi connectivity index (χ0n) is 14.7. The maximum Gasteiger partial charge on any atom is 0.330 e. The SMILES string of the molecule is Cc1cn([C@H]2C[C@H](O)[C@@H](/C=C/C(=O)NCCC(C)C)O2)c(=O)[nH]c1=O. The van der Waals surface area contributed by atoms with Gasteiger partial charge in [-0.3, -0.25) is 19.1 Å². The van der Waals surface area contributed by atoms with Gasteiger partial charge in [0.15, 0.2) is 0 Å². The summed E-state index contributed by atoms with van der Waals surface area (Å²) in [7, 11) is 0. The molecule has 0 radical (unpaired) electrons. The predicted octanol–water partition coefficient (Wildman–Crippen LogP) is 0.212. The van der Waals surface area contributed by atoms with Gasteiger partial charge >= 0.3 is 5.69 Å². The Labute approximate surface area is 145 Å². The molecular formula is C17H25N3O5. The number of nitrogens with one attached hydrogen (secondary N) is 2. The molecule has 3 N–H and O–H groups in total. The molecule has 8 heteroatoms. The molecule has 0 aromatic carbocycles.